The van der Waals surface area contributed by atoms with Gasteiger partial charge in [-0.3, -0.25) is 0 Å². The Hall–Kier alpha value is -1.68. The van der Waals surface area contributed by atoms with Crippen molar-refractivity contribution in [3.63, 3.8) is 0 Å². The minimum absolute atomic E-state index is 0.664. The maximum Gasteiger partial charge on any atom is 0.197 e. The van der Waals surface area contributed by atoms with Crippen LogP contribution < -0.4 is 0 Å². The summed E-state index contributed by atoms with van der Waals surface area (Å²) in [6, 6.07) is 6.20. The van der Waals surface area contributed by atoms with Gasteiger partial charge in [-0.15, -0.1) is 11.6 Å². The smallest absolute Gasteiger partial charge is 0.197 e. The maximum absolute atomic E-state index is 5.68. The third-order valence-electron chi connectivity index (χ3n) is 2.95. The molecule has 3 aromatic rings. The Labute approximate surface area is 109 Å². The molecule has 0 bridgehead atoms. The quantitative estimate of drug-likeness (QED) is 0.579. The van der Waals surface area contributed by atoms with E-state index in [0.717, 1.165) is 41.8 Å². The summed E-state index contributed by atoms with van der Waals surface area (Å²) in [5, 5.41) is 0. The number of aryl methyl sites for hydroxylation is 1. The van der Waals surface area contributed by atoms with E-state index < -0.39 is 0 Å². The van der Waals surface area contributed by atoms with Crippen LogP contribution in [-0.2, 0) is 6.42 Å². The van der Waals surface area contributed by atoms with Crippen LogP contribution in [0.1, 0.15) is 18.4 Å². The molecule has 1 N–H and O–H groups in total. The normalized spacial score (nSPS) is 11.4. The van der Waals surface area contributed by atoms with Crippen LogP contribution >= 0.6 is 11.6 Å². The van der Waals surface area contributed by atoms with E-state index in [1.807, 2.05) is 6.07 Å². The summed E-state index contributed by atoms with van der Waals surface area (Å²) in [7, 11) is 0. The van der Waals surface area contributed by atoms with Crippen molar-refractivity contribution >= 4 is 33.9 Å². The molecular formula is C13H13ClN4. The number of halogens is 1. The second-order valence-corrected chi connectivity index (χ2v) is 4.65. The summed E-state index contributed by atoms with van der Waals surface area (Å²) in [5.41, 5.74) is 4.48. The molecule has 0 fully saturated rings. The van der Waals surface area contributed by atoms with Crippen molar-refractivity contribution in [1.82, 2.24) is 19.9 Å². The highest BCUT2D eigenvalue weighted by Gasteiger charge is 2.04. The van der Waals surface area contributed by atoms with Crippen molar-refractivity contribution in [2.45, 2.75) is 19.3 Å². The second-order valence-electron chi connectivity index (χ2n) is 4.27. The van der Waals surface area contributed by atoms with Gasteiger partial charge >= 0.3 is 0 Å². The van der Waals surface area contributed by atoms with Gasteiger partial charge in [-0.2, -0.15) is 0 Å². The number of hydrogen-bond acceptors (Lipinski definition) is 3. The molecule has 2 heterocycles. The summed E-state index contributed by atoms with van der Waals surface area (Å²) in [4.78, 5) is 16.1. The van der Waals surface area contributed by atoms with Crippen LogP contribution in [0.2, 0.25) is 0 Å². The van der Waals surface area contributed by atoms with E-state index in [1.54, 1.807) is 6.33 Å². The van der Waals surface area contributed by atoms with Gasteiger partial charge in [-0.25, -0.2) is 15.0 Å². The fourth-order valence-corrected chi connectivity index (χ4v) is 2.20. The zero-order chi connectivity index (χ0) is 12.4. The van der Waals surface area contributed by atoms with Crippen molar-refractivity contribution in [2.24, 2.45) is 0 Å². The lowest BCUT2D eigenvalue weighted by Gasteiger charge is -2.02. The number of nitrogens with one attached hydrogen (secondary N) is 1. The largest absolute Gasteiger partial charge is 0.328 e. The fraction of sp³-hybridized carbons (Fsp3) is 0.308. The molecule has 0 saturated carbocycles. The summed E-state index contributed by atoms with van der Waals surface area (Å²) in [6.07, 6.45) is 4.80. The lowest BCUT2D eigenvalue weighted by atomic mass is 10.1. The number of unbranched alkanes of at least 4 members (excludes halogenated alkanes) is 1. The number of aromatic amines is 1. The Kier molecular flexibility index (Phi) is 3.11. The van der Waals surface area contributed by atoms with Crippen LogP contribution in [0.25, 0.3) is 22.3 Å². The number of H-pyrrole nitrogens is 1. The number of alkyl halides is 1. The SMILES string of the molecule is ClCCCCc1ccc2nc3nc[nH]c3nc2c1. The molecule has 0 aliphatic rings. The van der Waals surface area contributed by atoms with Gasteiger partial charge in [-0.05, 0) is 37.0 Å². The minimum atomic E-state index is 0.664. The van der Waals surface area contributed by atoms with Crippen molar-refractivity contribution in [3.05, 3.63) is 30.1 Å². The molecule has 92 valence electrons. The van der Waals surface area contributed by atoms with Crippen LogP contribution in [0.15, 0.2) is 24.5 Å². The predicted octanol–water partition coefficient (Wildman–Crippen LogP) is 3.07. The van der Waals surface area contributed by atoms with E-state index in [-0.39, 0.29) is 0 Å². The highest BCUT2D eigenvalue weighted by Crippen LogP contribution is 2.16. The Morgan fingerprint density at radius 3 is 2.94 bits per heavy atom. The van der Waals surface area contributed by atoms with Gasteiger partial charge in [-0.1, -0.05) is 6.07 Å². The number of rotatable bonds is 4. The summed E-state index contributed by atoms with van der Waals surface area (Å²) >= 11 is 5.68. The number of benzene rings is 1. The second kappa shape index (κ2) is 4.90. The van der Waals surface area contributed by atoms with Gasteiger partial charge in [0, 0.05) is 5.88 Å². The van der Waals surface area contributed by atoms with Gasteiger partial charge in [0.05, 0.1) is 17.4 Å². The van der Waals surface area contributed by atoms with E-state index in [2.05, 4.69) is 32.1 Å². The Balaban J connectivity index is 1.97. The van der Waals surface area contributed by atoms with Crippen LogP contribution in [0.5, 0.6) is 0 Å². The third kappa shape index (κ3) is 2.16. The first-order valence-electron chi connectivity index (χ1n) is 6.02. The van der Waals surface area contributed by atoms with Crippen LogP contribution in [0, 0.1) is 0 Å². The summed E-state index contributed by atoms with van der Waals surface area (Å²) in [5.74, 6) is 0.724. The van der Waals surface area contributed by atoms with Crippen LogP contribution in [-0.4, -0.2) is 25.8 Å². The average Bonchev–Trinajstić information content (AvgIpc) is 2.83. The van der Waals surface area contributed by atoms with E-state index in [0.29, 0.717) is 5.65 Å². The zero-order valence-corrected chi connectivity index (χ0v) is 10.6. The molecule has 3 rings (SSSR count). The van der Waals surface area contributed by atoms with E-state index >= 15 is 0 Å². The number of imidazole rings is 1. The summed E-state index contributed by atoms with van der Waals surface area (Å²) < 4.78 is 0. The Bertz CT molecular complexity index is 677. The monoisotopic (exact) mass is 260 g/mol. The zero-order valence-electron chi connectivity index (χ0n) is 9.86. The molecule has 0 unspecified atom stereocenters. The molecule has 0 saturated heterocycles. The van der Waals surface area contributed by atoms with Crippen molar-refractivity contribution in [1.29, 1.82) is 0 Å². The van der Waals surface area contributed by atoms with Gasteiger partial charge < -0.3 is 4.98 Å². The lowest BCUT2D eigenvalue weighted by molar-refractivity contribution is 0.800. The highest BCUT2D eigenvalue weighted by atomic mass is 35.5. The topological polar surface area (TPSA) is 54.5 Å². The molecule has 0 atom stereocenters. The molecule has 18 heavy (non-hydrogen) atoms. The molecule has 0 spiro atoms. The average molecular weight is 261 g/mol. The number of hydrogen-bond donors (Lipinski definition) is 1. The molecule has 0 amide bonds. The fourth-order valence-electron chi connectivity index (χ4n) is 2.01. The molecule has 0 radical (unpaired) electrons. The van der Waals surface area contributed by atoms with Gasteiger partial charge in [0.15, 0.2) is 11.3 Å². The number of aromatic nitrogens is 4. The van der Waals surface area contributed by atoms with Crippen LogP contribution in [0.4, 0.5) is 0 Å². The first kappa shape index (κ1) is 11.4. The van der Waals surface area contributed by atoms with Gasteiger partial charge in [0.2, 0.25) is 0 Å². The van der Waals surface area contributed by atoms with Crippen LogP contribution in [0.3, 0.4) is 0 Å². The lowest BCUT2D eigenvalue weighted by Crippen LogP contribution is -1.90. The number of nitrogens with zero attached hydrogens (tertiary/aromatic N) is 3. The molecule has 0 aliphatic heterocycles. The molecule has 2 aromatic heterocycles. The Morgan fingerprint density at radius 1 is 1.11 bits per heavy atom. The van der Waals surface area contributed by atoms with Crippen molar-refractivity contribution in [3.8, 4) is 0 Å². The predicted molar refractivity (Wildman–Crippen MR) is 72.8 cm³/mol. The minimum Gasteiger partial charge on any atom is -0.328 e. The van der Waals surface area contributed by atoms with Crippen molar-refractivity contribution in [2.75, 3.05) is 5.88 Å². The van der Waals surface area contributed by atoms with Gasteiger partial charge in [0.1, 0.15) is 0 Å². The molecule has 1 aromatic carbocycles. The molecule has 0 aliphatic carbocycles. The number of fused-ring (bicyclic) bond motifs is 2. The highest BCUT2D eigenvalue weighted by molar-refractivity contribution is 6.17. The first-order valence-corrected chi connectivity index (χ1v) is 6.56. The molecule has 5 heteroatoms. The molecular weight excluding hydrogens is 248 g/mol. The van der Waals surface area contributed by atoms with E-state index in [1.165, 1.54) is 5.56 Å². The first-order chi connectivity index (χ1) is 8.86. The van der Waals surface area contributed by atoms with Gasteiger partial charge in [0.25, 0.3) is 0 Å². The molecule has 4 nitrogen and oxygen atoms in total. The summed E-state index contributed by atoms with van der Waals surface area (Å²) in [6.45, 7) is 0. The van der Waals surface area contributed by atoms with Crippen molar-refractivity contribution < 1.29 is 0 Å². The van der Waals surface area contributed by atoms with E-state index in [9.17, 15) is 0 Å². The van der Waals surface area contributed by atoms with E-state index in [4.69, 9.17) is 11.6 Å². The third-order valence-corrected chi connectivity index (χ3v) is 3.21. The Morgan fingerprint density at radius 2 is 2.06 bits per heavy atom. The maximum atomic E-state index is 5.68. The standard InChI is InChI=1S/C13H13ClN4/c14-6-2-1-3-9-4-5-10-11(7-9)18-13-12(17-10)15-8-16-13/h4-5,7-8H,1-3,6H2,(H,15,16,17,18).